The van der Waals surface area contributed by atoms with Crippen LogP contribution in [-0.2, 0) is 13.0 Å². The highest BCUT2D eigenvalue weighted by molar-refractivity contribution is 5.59. The van der Waals surface area contributed by atoms with E-state index in [1.165, 1.54) is 36.3 Å². The van der Waals surface area contributed by atoms with Gasteiger partial charge in [0.25, 0.3) is 0 Å². The van der Waals surface area contributed by atoms with E-state index in [0.29, 0.717) is 5.92 Å². The number of nitrogens with one attached hydrogen (secondary N) is 1. The van der Waals surface area contributed by atoms with E-state index < -0.39 is 0 Å². The number of para-hydroxylation sites is 1. The summed E-state index contributed by atoms with van der Waals surface area (Å²) in [7, 11) is 0. The minimum absolute atomic E-state index is 0.357. The number of anilines is 1. The third-order valence-corrected chi connectivity index (χ3v) is 4.28. The average molecular weight is 254 g/mol. The molecule has 0 saturated carbocycles. The molecule has 3 heterocycles. The van der Waals surface area contributed by atoms with Crippen molar-refractivity contribution in [3.05, 3.63) is 41.5 Å². The number of fused-ring (bicyclic) bond motifs is 2. The molecule has 0 bridgehead atoms. The molecule has 1 unspecified atom stereocenters. The van der Waals surface area contributed by atoms with Gasteiger partial charge in [0.2, 0.25) is 0 Å². The van der Waals surface area contributed by atoms with E-state index in [0.717, 1.165) is 25.3 Å². The van der Waals surface area contributed by atoms with Crippen molar-refractivity contribution >= 4 is 5.69 Å². The molecule has 98 valence electrons. The maximum atomic E-state index is 4.49. The van der Waals surface area contributed by atoms with Crippen molar-refractivity contribution < 1.29 is 0 Å². The van der Waals surface area contributed by atoms with Crippen molar-refractivity contribution in [3.63, 3.8) is 0 Å². The lowest BCUT2D eigenvalue weighted by Gasteiger charge is -2.12. The van der Waals surface area contributed by atoms with E-state index in [-0.39, 0.29) is 0 Å². The second-order valence-corrected chi connectivity index (χ2v) is 5.46. The number of hydrogen-bond acceptors (Lipinski definition) is 3. The van der Waals surface area contributed by atoms with Crippen LogP contribution in [0, 0.1) is 0 Å². The van der Waals surface area contributed by atoms with Gasteiger partial charge >= 0.3 is 0 Å². The van der Waals surface area contributed by atoms with Gasteiger partial charge < -0.3 is 9.88 Å². The van der Waals surface area contributed by atoms with E-state index in [1.807, 2.05) is 0 Å². The molecule has 0 amide bonds. The molecule has 2 aromatic rings. The van der Waals surface area contributed by atoms with Crippen LogP contribution in [0.1, 0.15) is 42.4 Å². The first kappa shape index (κ1) is 11.0. The van der Waals surface area contributed by atoms with Gasteiger partial charge in [-0.1, -0.05) is 24.6 Å². The molecule has 1 aromatic heterocycles. The highest BCUT2D eigenvalue weighted by Gasteiger charge is 2.29. The Morgan fingerprint density at radius 2 is 2.05 bits per heavy atom. The molecule has 2 aliphatic heterocycles. The fourth-order valence-electron chi connectivity index (χ4n) is 3.28. The third-order valence-electron chi connectivity index (χ3n) is 4.28. The number of aromatic nitrogens is 3. The first-order valence-corrected chi connectivity index (χ1v) is 7.18. The normalized spacial score (nSPS) is 21.4. The number of nitrogens with zero attached hydrogens (tertiary/aromatic N) is 3. The Balaban J connectivity index is 1.76. The van der Waals surface area contributed by atoms with Gasteiger partial charge in [0.05, 0.1) is 5.92 Å². The molecular weight excluding hydrogens is 236 g/mol. The van der Waals surface area contributed by atoms with Crippen LogP contribution in [0.3, 0.4) is 0 Å². The van der Waals surface area contributed by atoms with Crippen LogP contribution in [0.15, 0.2) is 24.3 Å². The molecule has 4 heteroatoms. The van der Waals surface area contributed by atoms with Gasteiger partial charge in [-0.05, 0) is 24.5 Å². The zero-order valence-electron chi connectivity index (χ0n) is 11.0. The van der Waals surface area contributed by atoms with E-state index >= 15 is 0 Å². The molecule has 1 N–H and O–H groups in total. The second kappa shape index (κ2) is 4.37. The minimum atomic E-state index is 0.357. The number of benzene rings is 1. The van der Waals surface area contributed by atoms with Gasteiger partial charge in [-0.15, -0.1) is 10.2 Å². The van der Waals surface area contributed by atoms with Crippen LogP contribution in [0.25, 0.3) is 0 Å². The smallest absolute Gasteiger partial charge is 0.142 e. The molecule has 19 heavy (non-hydrogen) atoms. The minimum Gasteiger partial charge on any atom is -0.384 e. The van der Waals surface area contributed by atoms with Gasteiger partial charge in [-0.3, -0.25) is 0 Å². The highest BCUT2D eigenvalue weighted by atomic mass is 15.3. The number of aryl methyl sites for hydroxylation is 1. The molecule has 0 fully saturated rings. The van der Waals surface area contributed by atoms with Gasteiger partial charge in [0, 0.05) is 25.2 Å². The zero-order valence-corrected chi connectivity index (χ0v) is 11.0. The van der Waals surface area contributed by atoms with Crippen molar-refractivity contribution in [3.8, 4) is 0 Å². The van der Waals surface area contributed by atoms with Gasteiger partial charge in [-0.2, -0.15) is 0 Å². The molecule has 0 radical (unpaired) electrons. The van der Waals surface area contributed by atoms with Crippen molar-refractivity contribution in [1.82, 2.24) is 14.8 Å². The van der Waals surface area contributed by atoms with Gasteiger partial charge in [0.1, 0.15) is 11.6 Å². The molecule has 0 saturated heterocycles. The summed E-state index contributed by atoms with van der Waals surface area (Å²) in [6, 6.07) is 8.55. The molecule has 2 aliphatic rings. The molecule has 0 spiro atoms. The summed E-state index contributed by atoms with van der Waals surface area (Å²) in [5.41, 5.74) is 2.61. The fourth-order valence-corrected chi connectivity index (χ4v) is 3.28. The second-order valence-electron chi connectivity index (χ2n) is 5.46. The summed E-state index contributed by atoms with van der Waals surface area (Å²) in [6.45, 7) is 2.02. The standard InChI is InChI=1S/C15H18N4/c1-2-8-14-17-18-15(19(14)9-5-1)12-10-16-13-7-4-3-6-11(12)13/h3-4,6-7,12,16H,1-2,5,8-10H2. The molecule has 1 atom stereocenters. The van der Waals surface area contributed by atoms with Crippen LogP contribution < -0.4 is 5.32 Å². The Bertz CT molecular complexity index is 602. The Hall–Kier alpha value is -1.84. The monoisotopic (exact) mass is 254 g/mol. The van der Waals surface area contributed by atoms with Crippen LogP contribution in [0.5, 0.6) is 0 Å². The van der Waals surface area contributed by atoms with Gasteiger partial charge in [-0.25, -0.2) is 0 Å². The average Bonchev–Trinajstić information content (AvgIpc) is 2.96. The van der Waals surface area contributed by atoms with Crippen molar-refractivity contribution in [2.75, 3.05) is 11.9 Å². The summed E-state index contributed by atoms with van der Waals surface area (Å²) < 4.78 is 2.36. The highest BCUT2D eigenvalue weighted by Crippen LogP contribution is 2.35. The van der Waals surface area contributed by atoms with Gasteiger partial charge in [0.15, 0.2) is 0 Å². The lowest BCUT2D eigenvalue weighted by atomic mass is 10.0. The number of hydrogen-bond donors (Lipinski definition) is 1. The largest absolute Gasteiger partial charge is 0.384 e. The summed E-state index contributed by atoms with van der Waals surface area (Å²) in [5, 5.41) is 12.4. The van der Waals surface area contributed by atoms with Crippen molar-refractivity contribution in [2.24, 2.45) is 0 Å². The molecule has 4 rings (SSSR count). The first-order valence-electron chi connectivity index (χ1n) is 7.18. The molecule has 1 aromatic carbocycles. The third kappa shape index (κ3) is 1.74. The van der Waals surface area contributed by atoms with Crippen molar-refractivity contribution in [2.45, 2.75) is 38.1 Å². The molecular formula is C15H18N4. The van der Waals surface area contributed by atoms with Crippen LogP contribution in [0.2, 0.25) is 0 Å². The van der Waals surface area contributed by atoms with E-state index in [9.17, 15) is 0 Å². The molecule has 0 aliphatic carbocycles. The lowest BCUT2D eigenvalue weighted by molar-refractivity contribution is 0.593. The van der Waals surface area contributed by atoms with Crippen LogP contribution >= 0.6 is 0 Å². The Labute approximate surface area is 112 Å². The summed E-state index contributed by atoms with van der Waals surface area (Å²) in [5.74, 6) is 2.68. The Morgan fingerprint density at radius 3 is 3.05 bits per heavy atom. The topological polar surface area (TPSA) is 42.7 Å². The van der Waals surface area contributed by atoms with E-state index in [2.05, 4.69) is 44.3 Å². The maximum absolute atomic E-state index is 4.49. The summed E-state index contributed by atoms with van der Waals surface area (Å²) in [6.07, 6.45) is 4.88. The quantitative estimate of drug-likeness (QED) is 0.850. The zero-order chi connectivity index (χ0) is 12.7. The van der Waals surface area contributed by atoms with E-state index in [1.54, 1.807) is 0 Å². The summed E-state index contributed by atoms with van der Waals surface area (Å²) in [4.78, 5) is 0. The maximum Gasteiger partial charge on any atom is 0.142 e. The SMILES string of the molecule is c1ccc2c(c1)NCC2c1nnc2n1CCCCC2. The summed E-state index contributed by atoms with van der Waals surface area (Å²) >= 11 is 0. The predicted octanol–water partition coefficient (Wildman–Crippen LogP) is 2.56. The Kier molecular flexibility index (Phi) is 2.53. The van der Waals surface area contributed by atoms with E-state index in [4.69, 9.17) is 0 Å². The van der Waals surface area contributed by atoms with Crippen molar-refractivity contribution in [1.29, 1.82) is 0 Å². The molecule has 4 nitrogen and oxygen atoms in total. The predicted molar refractivity (Wildman–Crippen MR) is 74.4 cm³/mol. The number of rotatable bonds is 1. The lowest BCUT2D eigenvalue weighted by Crippen LogP contribution is -2.13. The first-order chi connectivity index (χ1) is 9.43. The van der Waals surface area contributed by atoms with Crippen LogP contribution in [-0.4, -0.2) is 21.3 Å². The fraction of sp³-hybridized carbons (Fsp3) is 0.467. The van der Waals surface area contributed by atoms with Crippen LogP contribution in [0.4, 0.5) is 5.69 Å². The Morgan fingerprint density at radius 1 is 1.11 bits per heavy atom.